The molecule has 0 atom stereocenters. The minimum Gasteiger partial charge on any atom is -0.464 e. The molecule has 0 aliphatic heterocycles. The number of nitrogens with one attached hydrogen (secondary N) is 1. The van der Waals surface area contributed by atoms with E-state index >= 15 is 0 Å². The first-order chi connectivity index (χ1) is 7.70. The van der Waals surface area contributed by atoms with Gasteiger partial charge in [-0.05, 0) is 38.1 Å². The van der Waals surface area contributed by atoms with Gasteiger partial charge in [-0.1, -0.05) is 6.92 Å². The van der Waals surface area contributed by atoms with Gasteiger partial charge in [0, 0.05) is 17.8 Å². The molecule has 2 aromatic heterocycles. The third-order valence-corrected chi connectivity index (χ3v) is 2.75. The molecule has 86 valence electrons. The highest BCUT2D eigenvalue weighted by Crippen LogP contribution is 2.10. The van der Waals surface area contributed by atoms with Gasteiger partial charge in [-0.15, -0.1) is 0 Å². The zero-order valence-corrected chi connectivity index (χ0v) is 10.1. The van der Waals surface area contributed by atoms with E-state index in [0.29, 0.717) is 0 Å². The van der Waals surface area contributed by atoms with Crippen molar-refractivity contribution in [3.8, 4) is 0 Å². The van der Waals surface area contributed by atoms with Gasteiger partial charge in [0.2, 0.25) is 0 Å². The lowest BCUT2D eigenvalue weighted by molar-refractivity contribution is 0.470. The van der Waals surface area contributed by atoms with E-state index in [1.807, 2.05) is 12.1 Å². The summed E-state index contributed by atoms with van der Waals surface area (Å²) in [5.74, 6) is 2.02. The average molecular weight is 218 g/mol. The predicted molar refractivity (Wildman–Crippen MR) is 65.1 cm³/mol. The van der Waals surface area contributed by atoms with Gasteiger partial charge in [-0.3, -0.25) is 4.68 Å². The summed E-state index contributed by atoms with van der Waals surface area (Å²) in [6.45, 7) is 6.98. The van der Waals surface area contributed by atoms with Crippen LogP contribution in [-0.4, -0.2) is 4.68 Å². The van der Waals surface area contributed by atoms with Crippen LogP contribution in [0.2, 0.25) is 0 Å². The molecule has 0 aliphatic carbocycles. The topological polar surface area (TPSA) is 30.1 Å². The van der Waals surface area contributed by atoms with Gasteiger partial charge in [0.05, 0.1) is 6.54 Å². The first kappa shape index (κ1) is 10.9. The fourth-order valence-corrected chi connectivity index (χ4v) is 1.78. The van der Waals surface area contributed by atoms with E-state index in [-0.39, 0.29) is 0 Å². The van der Waals surface area contributed by atoms with Crippen molar-refractivity contribution in [2.24, 2.45) is 0 Å². The SMILES string of the molecule is CCc1ccc(CNn2c(C)ccc2C)o1. The molecule has 0 aliphatic rings. The van der Waals surface area contributed by atoms with Crippen molar-refractivity contribution < 1.29 is 4.42 Å². The number of hydrogen-bond donors (Lipinski definition) is 1. The molecule has 2 rings (SSSR count). The zero-order chi connectivity index (χ0) is 11.5. The van der Waals surface area contributed by atoms with E-state index in [1.165, 1.54) is 11.4 Å². The zero-order valence-electron chi connectivity index (χ0n) is 10.1. The summed E-state index contributed by atoms with van der Waals surface area (Å²) in [6.07, 6.45) is 0.946. The molecule has 0 saturated carbocycles. The van der Waals surface area contributed by atoms with Crippen LogP contribution in [0.15, 0.2) is 28.7 Å². The Kier molecular flexibility index (Phi) is 3.04. The van der Waals surface area contributed by atoms with E-state index in [2.05, 4.69) is 43.0 Å². The van der Waals surface area contributed by atoms with E-state index in [1.54, 1.807) is 0 Å². The molecule has 0 radical (unpaired) electrons. The summed E-state index contributed by atoms with van der Waals surface area (Å²) in [6, 6.07) is 8.26. The van der Waals surface area contributed by atoms with Crippen molar-refractivity contribution >= 4 is 0 Å². The van der Waals surface area contributed by atoms with E-state index in [4.69, 9.17) is 4.42 Å². The quantitative estimate of drug-likeness (QED) is 0.855. The molecule has 0 saturated heterocycles. The largest absolute Gasteiger partial charge is 0.464 e. The highest BCUT2D eigenvalue weighted by Gasteiger charge is 2.02. The van der Waals surface area contributed by atoms with Crippen LogP contribution in [0.4, 0.5) is 0 Å². The van der Waals surface area contributed by atoms with Crippen LogP contribution >= 0.6 is 0 Å². The Hall–Kier alpha value is -1.64. The number of aromatic nitrogens is 1. The molecule has 3 heteroatoms. The number of furan rings is 1. The van der Waals surface area contributed by atoms with E-state index in [0.717, 1.165) is 24.5 Å². The van der Waals surface area contributed by atoms with Crippen LogP contribution in [0.3, 0.4) is 0 Å². The van der Waals surface area contributed by atoms with Gasteiger partial charge in [-0.2, -0.15) is 0 Å². The van der Waals surface area contributed by atoms with E-state index in [9.17, 15) is 0 Å². The van der Waals surface area contributed by atoms with Gasteiger partial charge in [0.25, 0.3) is 0 Å². The van der Waals surface area contributed by atoms with Gasteiger partial charge < -0.3 is 9.84 Å². The summed E-state index contributed by atoms with van der Waals surface area (Å²) in [4.78, 5) is 0. The normalized spacial score (nSPS) is 10.7. The molecule has 0 spiro atoms. The predicted octanol–water partition coefficient (Wildman–Crippen LogP) is 3.00. The Labute approximate surface area is 96.0 Å². The van der Waals surface area contributed by atoms with Crippen LogP contribution in [0.5, 0.6) is 0 Å². The van der Waals surface area contributed by atoms with Crippen molar-refractivity contribution in [2.75, 3.05) is 5.43 Å². The van der Waals surface area contributed by atoms with Crippen molar-refractivity contribution in [1.29, 1.82) is 0 Å². The smallest absolute Gasteiger partial charge is 0.124 e. The van der Waals surface area contributed by atoms with Crippen LogP contribution in [0.1, 0.15) is 29.8 Å². The Morgan fingerprint density at radius 2 is 1.69 bits per heavy atom. The van der Waals surface area contributed by atoms with E-state index < -0.39 is 0 Å². The molecule has 2 aromatic rings. The maximum atomic E-state index is 5.63. The van der Waals surface area contributed by atoms with Crippen molar-refractivity contribution in [3.05, 3.63) is 47.2 Å². The lowest BCUT2D eigenvalue weighted by atomic mass is 10.3. The lowest BCUT2D eigenvalue weighted by Crippen LogP contribution is -2.16. The summed E-state index contributed by atoms with van der Waals surface area (Å²) in [7, 11) is 0. The fourth-order valence-electron chi connectivity index (χ4n) is 1.78. The molecule has 0 aromatic carbocycles. The average Bonchev–Trinajstić information content (AvgIpc) is 2.85. The summed E-state index contributed by atoms with van der Waals surface area (Å²) in [5.41, 5.74) is 5.75. The second-order valence-corrected chi connectivity index (χ2v) is 4.01. The summed E-state index contributed by atoms with van der Waals surface area (Å²) < 4.78 is 7.71. The fraction of sp³-hybridized carbons (Fsp3) is 0.385. The molecule has 16 heavy (non-hydrogen) atoms. The minimum atomic E-state index is 0.719. The Morgan fingerprint density at radius 3 is 2.25 bits per heavy atom. The maximum Gasteiger partial charge on any atom is 0.124 e. The van der Waals surface area contributed by atoms with Crippen LogP contribution in [0, 0.1) is 13.8 Å². The van der Waals surface area contributed by atoms with Gasteiger partial charge in [0.1, 0.15) is 11.5 Å². The van der Waals surface area contributed by atoms with Crippen molar-refractivity contribution in [1.82, 2.24) is 4.68 Å². The summed E-state index contributed by atoms with van der Waals surface area (Å²) >= 11 is 0. The third-order valence-electron chi connectivity index (χ3n) is 2.75. The Bertz CT molecular complexity index is 448. The molecular weight excluding hydrogens is 200 g/mol. The standard InChI is InChI=1S/C13H18N2O/c1-4-12-7-8-13(16-12)9-14-15-10(2)5-6-11(15)3/h5-8,14H,4,9H2,1-3H3. The molecule has 0 bridgehead atoms. The summed E-state index contributed by atoms with van der Waals surface area (Å²) in [5, 5.41) is 0. The van der Waals surface area contributed by atoms with Crippen molar-refractivity contribution in [2.45, 2.75) is 33.7 Å². The first-order valence-corrected chi connectivity index (χ1v) is 5.67. The molecule has 3 nitrogen and oxygen atoms in total. The third kappa shape index (κ3) is 2.13. The molecular formula is C13H18N2O. The number of aryl methyl sites for hydroxylation is 3. The van der Waals surface area contributed by atoms with Gasteiger partial charge >= 0.3 is 0 Å². The second-order valence-electron chi connectivity index (χ2n) is 4.01. The van der Waals surface area contributed by atoms with Gasteiger partial charge in [-0.25, -0.2) is 0 Å². The van der Waals surface area contributed by atoms with Crippen LogP contribution in [0.25, 0.3) is 0 Å². The highest BCUT2D eigenvalue weighted by atomic mass is 16.3. The maximum absolute atomic E-state index is 5.63. The van der Waals surface area contributed by atoms with Crippen LogP contribution in [-0.2, 0) is 13.0 Å². The van der Waals surface area contributed by atoms with Crippen LogP contribution < -0.4 is 5.43 Å². The molecule has 1 N–H and O–H groups in total. The molecule has 2 heterocycles. The number of rotatable bonds is 4. The monoisotopic (exact) mass is 218 g/mol. The minimum absolute atomic E-state index is 0.719. The Balaban J connectivity index is 2.02. The second kappa shape index (κ2) is 4.47. The molecule has 0 unspecified atom stereocenters. The number of nitrogens with zero attached hydrogens (tertiary/aromatic N) is 1. The molecule has 0 fully saturated rings. The molecule has 0 amide bonds. The Morgan fingerprint density at radius 1 is 1.06 bits per heavy atom. The van der Waals surface area contributed by atoms with Gasteiger partial charge in [0.15, 0.2) is 0 Å². The van der Waals surface area contributed by atoms with Crippen molar-refractivity contribution in [3.63, 3.8) is 0 Å². The lowest BCUT2D eigenvalue weighted by Gasteiger charge is -2.10. The highest BCUT2D eigenvalue weighted by molar-refractivity contribution is 5.16. The first-order valence-electron chi connectivity index (χ1n) is 5.67. The number of hydrogen-bond acceptors (Lipinski definition) is 2.